The van der Waals surface area contributed by atoms with Crippen LogP contribution in [0, 0.1) is 30.1 Å². The molecule has 1 N–H and O–H groups in total. The maximum Gasteiger partial charge on any atom is 0.0211 e. The van der Waals surface area contributed by atoms with Crippen molar-refractivity contribution >= 4 is 0 Å². The molecule has 3 unspecified atom stereocenters. The van der Waals surface area contributed by atoms with E-state index in [1.54, 1.807) is 0 Å². The number of nitrogens with one attached hydrogen (secondary N) is 1. The maximum absolute atomic E-state index is 5.19. The predicted molar refractivity (Wildman–Crippen MR) is 55.3 cm³/mol. The molecule has 1 nitrogen and oxygen atoms in total. The van der Waals surface area contributed by atoms with Gasteiger partial charge < -0.3 is 5.32 Å². The second-order valence-electron chi connectivity index (χ2n) is 4.59. The Hall–Kier alpha value is -0.480. The number of fused-ring (bicyclic) bond motifs is 2. The minimum atomic E-state index is 0.876. The normalized spacial score (nSPS) is 36.4. The number of rotatable bonds is 4. The summed E-state index contributed by atoms with van der Waals surface area (Å²) >= 11 is 0. The molecule has 13 heavy (non-hydrogen) atoms. The van der Waals surface area contributed by atoms with E-state index in [9.17, 15) is 0 Å². The van der Waals surface area contributed by atoms with Crippen molar-refractivity contribution in [1.82, 2.24) is 5.32 Å². The molecule has 2 saturated carbocycles. The molecular formula is C12H19N. The van der Waals surface area contributed by atoms with Crippen molar-refractivity contribution in [3.63, 3.8) is 0 Å². The molecule has 0 saturated heterocycles. The molecule has 0 aliphatic heterocycles. The van der Waals surface area contributed by atoms with E-state index in [-0.39, 0.29) is 0 Å². The molecule has 2 bridgehead atoms. The van der Waals surface area contributed by atoms with Crippen LogP contribution >= 0.6 is 0 Å². The molecule has 0 radical (unpaired) electrons. The van der Waals surface area contributed by atoms with Gasteiger partial charge in [-0.2, -0.15) is 0 Å². The van der Waals surface area contributed by atoms with Gasteiger partial charge in [-0.25, -0.2) is 0 Å². The van der Waals surface area contributed by atoms with Crippen molar-refractivity contribution in [2.45, 2.75) is 32.1 Å². The predicted octanol–water partition coefficient (Wildman–Crippen LogP) is 2.04. The molecule has 0 aromatic carbocycles. The van der Waals surface area contributed by atoms with Gasteiger partial charge in [0.05, 0.1) is 0 Å². The van der Waals surface area contributed by atoms with Crippen LogP contribution in [-0.2, 0) is 0 Å². The Bertz CT molecular complexity index is 204. The molecule has 2 aliphatic rings. The van der Waals surface area contributed by atoms with Crippen molar-refractivity contribution in [2.24, 2.45) is 17.8 Å². The molecule has 2 aliphatic carbocycles. The third-order valence-corrected chi connectivity index (χ3v) is 3.74. The van der Waals surface area contributed by atoms with E-state index in [1.807, 2.05) is 0 Å². The van der Waals surface area contributed by atoms with Gasteiger partial charge in [0.25, 0.3) is 0 Å². The average Bonchev–Trinajstić information content (AvgIpc) is 2.73. The van der Waals surface area contributed by atoms with Crippen LogP contribution in [0.4, 0.5) is 0 Å². The fraction of sp³-hybridized carbons (Fsp3) is 0.833. The van der Waals surface area contributed by atoms with Gasteiger partial charge >= 0.3 is 0 Å². The molecule has 0 aromatic rings. The van der Waals surface area contributed by atoms with E-state index in [4.69, 9.17) is 6.42 Å². The summed E-state index contributed by atoms with van der Waals surface area (Å²) in [6.07, 6.45) is 12.1. The Kier molecular flexibility index (Phi) is 2.90. The zero-order valence-corrected chi connectivity index (χ0v) is 8.26. The first-order valence-electron chi connectivity index (χ1n) is 5.54. The van der Waals surface area contributed by atoms with Crippen molar-refractivity contribution in [2.75, 3.05) is 13.1 Å². The van der Waals surface area contributed by atoms with Crippen LogP contribution < -0.4 is 5.32 Å². The highest BCUT2D eigenvalue weighted by molar-refractivity contribution is 4.91. The topological polar surface area (TPSA) is 12.0 Å². The van der Waals surface area contributed by atoms with Crippen LogP contribution in [0.5, 0.6) is 0 Å². The lowest BCUT2D eigenvalue weighted by Gasteiger charge is -2.21. The van der Waals surface area contributed by atoms with Crippen LogP contribution in [-0.4, -0.2) is 13.1 Å². The van der Waals surface area contributed by atoms with Gasteiger partial charge in [0, 0.05) is 13.0 Å². The third-order valence-electron chi connectivity index (χ3n) is 3.74. The number of terminal acetylenes is 1. The first kappa shape index (κ1) is 9.09. The minimum Gasteiger partial charge on any atom is -0.315 e. The lowest BCUT2D eigenvalue weighted by molar-refractivity contribution is 0.320. The Morgan fingerprint density at radius 1 is 1.31 bits per heavy atom. The number of hydrogen-bond donors (Lipinski definition) is 1. The second kappa shape index (κ2) is 4.15. The van der Waals surface area contributed by atoms with E-state index in [0.29, 0.717) is 0 Å². The van der Waals surface area contributed by atoms with Crippen molar-refractivity contribution in [3.05, 3.63) is 0 Å². The van der Waals surface area contributed by atoms with E-state index in [2.05, 4.69) is 11.2 Å². The molecule has 0 aromatic heterocycles. The van der Waals surface area contributed by atoms with E-state index in [0.717, 1.165) is 30.7 Å². The Labute approximate surface area is 81.3 Å². The monoisotopic (exact) mass is 177 g/mol. The summed E-state index contributed by atoms with van der Waals surface area (Å²) in [6, 6.07) is 0. The largest absolute Gasteiger partial charge is 0.315 e. The highest BCUT2D eigenvalue weighted by Crippen LogP contribution is 2.47. The molecule has 3 atom stereocenters. The lowest BCUT2D eigenvalue weighted by Crippen LogP contribution is -2.27. The fourth-order valence-electron chi connectivity index (χ4n) is 3.07. The van der Waals surface area contributed by atoms with Gasteiger partial charge in [-0.1, -0.05) is 6.42 Å². The molecular weight excluding hydrogens is 158 g/mol. The smallest absolute Gasteiger partial charge is 0.0211 e. The van der Waals surface area contributed by atoms with Gasteiger partial charge in [0.2, 0.25) is 0 Å². The summed E-state index contributed by atoms with van der Waals surface area (Å²) in [4.78, 5) is 0. The molecule has 2 rings (SSSR count). The van der Waals surface area contributed by atoms with Crippen LogP contribution in [0.3, 0.4) is 0 Å². The first-order valence-corrected chi connectivity index (χ1v) is 5.54. The van der Waals surface area contributed by atoms with E-state index in [1.165, 1.54) is 32.2 Å². The van der Waals surface area contributed by atoms with Gasteiger partial charge in [0.15, 0.2) is 0 Å². The SMILES string of the molecule is C#CCCNCC1CC2CCC1C2. The Morgan fingerprint density at radius 2 is 2.23 bits per heavy atom. The zero-order valence-electron chi connectivity index (χ0n) is 8.26. The van der Waals surface area contributed by atoms with E-state index >= 15 is 0 Å². The summed E-state index contributed by atoms with van der Waals surface area (Å²) in [5.74, 6) is 5.75. The Balaban J connectivity index is 1.64. The molecule has 2 fully saturated rings. The standard InChI is InChI=1S/C12H19N/c1-2-3-6-13-9-12-8-10-4-5-11(12)7-10/h1,10-13H,3-9H2. The van der Waals surface area contributed by atoms with Crippen LogP contribution in [0.15, 0.2) is 0 Å². The van der Waals surface area contributed by atoms with Gasteiger partial charge in [-0.15, -0.1) is 12.3 Å². The molecule has 0 spiro atoms. The third kappa shape index (κ3) is 2.06. The molecule has 0 amide bonds. The Morgan fingerprint density at radius 3 is 2.85 bits per heavy atom. The molecule has 72 valence electrons. The van der Waals surface area contributed by atoms with Crippen molar-refractivity contribution in [1.29, 1.82) is 0 Å². The average molecular weight is 177 g/mol. The first-order chi connectivity index (χ1) is 6.40. The summed E-state index contributed by atoms with van der Waals surface area (Å²) < 4.78 is 0. The van der Waals surface area contributed by atoms with Crippen LogP contribution in [0.1, 0.15) is 32.1 Å². The fourth-order valence-corrected chi connectivity index (χ4v) is 3.07. The lowest BCUT2D eigenvalue weighted by atomic mass is 9.89. The summed E-state index contributed by atoms with van der Waals surface area (Å²) in [5.41, 5.74) is 0. The summed E-state index contributed by atoms with van der Waals surface area (Å²) in [6.45, 7) is 2.22. The van der Waals surface area contributed by atoms with Crippen LogP contribution in [0.2, 0.25) is 0 Å². The van der Waals surface area contributed by atoms with E-state index < -0.39 is 0 Å². The van der Waals surface area contributed by atoms with Gasteiger partial charge in [-0.3, -0.25) is 0 Å². The van der Waals surface area contributed by atoms with Crippen molar-refractivity contribution in [3.8, 4) is 12.3 Å². The second-order valence-corrected chi connectivity index (χ2v) is 4.59. The van der Waals surface area contributed by atoms with Gasteiger partial charge in [-0.05, 0) is 43.6 Å². The summed E-state index contributed by atoms with van der Waals surface area (Å²) in [7, 11) is 0. The van der Waals surface area contributed by atoms with Crippen LogP contribution in [0.25, 0.3) is 0 Å². The quantitative estimate of drug-likeness (QED) is 0.512. The summed E-state index contributed by atoms with van der Waals surface area (Å²) in [5, 5.41) is 3.47. The molecule has 1 heteroatoms. The zero-order chi connectivity index (χ0) is 9.10. The van der Waals surface area contributed by atoms with Gasteiger partial charge in [0.1, 0.15) is 0 Å². The highest BCUT2D eigenvalue weighted by Gasteiger charge is 2.38. The minimum absolute atomic E-state index is 0.876. The van der Waals surface area contributed by atoms with Crippen molar-refractivity contribution < 1.29 is 0 Å². The molecule has 0 heterocycles. The number of hydrogen-bond acceptors (Lipinski definition) is 1. The highest BCUT2D eigenvalue weighted by atomic mass is 14.9. The maximum atomic E-state index is 5.19.